The van der Waals surface area contributed by atoms with E-state index in [1.807, 2.05) is 0 Å². The molecule has 0 saturated carbocycles. The molecule has 0 atom stereocenters. The fourth-order valence-electron chi connectivity index (χ4n) is 1.39. The molecule has 1 aromatic carbocycles. The highest BCUT2D eigenvalue weighted by atomic mass is 35.5. The van der Waals surface area contributed by atoms with Gasteiger partial charge in [-0.3, -0.25) is 4.79 Å². The highest BCUT2D eigenvalue weighted by Gasteiger charge is 2.10. The van der Waals surface area contributed by atoms with E-state index in [1.54, 1.807) is 6.07 Å². The van der Waals surface area contributed by atoms with Crippen molar-refractivity contribution in [1.29, 1.82) is 0 Å². The average molecular weight is 276 g/mol. The number of nitrogens with one attached hydrogen (secondary N) is 1. The number of phenols is 1. The second-order valence-corrected chi connectivity index (χ2v) is 4.48. The molecule has 1 rings (SSSR count). The number of benzene rings is 1. The zero-order chi connectivity index (χ0) is 12.7. The summed E-state index contributed by atoms with van der Waals surface area (Å²) in [6.07, 6.45) is 2.81. The van der Waals surface area contributed by atoms with E-state index in [1.165, 1.54) is 12.1 Å². The van der Waals surface area contributed by atoms with E-state index in [4.69, 9.17) is 23.2 Å². The molecule has 0 spiro atoms. The fourth-order valence-corrected chi connectivity index (χ4v) is 1.75. The van der Waals surface area contributed by atoms with E-state index in [9.17, 15) is 9.90 Å². The van der Waals surface area contributed by atoms with Crippen LogP contribution >= 0.6 is 23.2 Å². The molecule has 0 aliphatic carbocycles. The van der Waals surface area contributed by atoms with Crippen molar-refractivity contribution < 1.29 is 9.90 Å². The number of unbranched alkanes of at least 4 members (excludes halogenated alkanes) is 2. The number of amides is 1. The molecule has 5 heteroatoms. The molecule has 0 heterocycles. The van der Waals surface area contributed by atoms with Gasteiger partial charge in [0.25, 0.3) is 5.91 Å². The molecule has 2 N–H and O–H groups in total. The van der Waals surface area contributed by atoms with Gasteiger partial charge in [0, 0.05) is 17.4 Å². The van der Waals surface area contributed by atoms with Crippen molar-refractivity contribution in [2.24, 2.45) is 0 Å². The highest BCUT2D eigenvalue weighted by Crippen LogP contribution is 2.21. The first-order valence-electron chi connectivity index (χ1n) is 5.48. The summed E-state index contributed by atoms with van der Waals surface area (Å²) in [5.41, 5.74) is 0.242. The van der Waals surface area contributed by atoms with Crippen LogP contribution in [0.25, 0.3) is 0 Å². The zero-order valence-corrected chi connectivity index (χ0v) is 10.9. The number of carbonyl (C=O) groups is 1. The topological polar surface area (TPSA) is 49.3 Å². The maximum atomic E-state index is 11.7. The number of hydrogen-bond donors (Lipinski definition) is 2. The fraction of sp³-hybridized carbons (Fsp3) is 0.417. The Morgan fingerprint density at radius 3 is 2.71 bits per heavy atom. The number of rotatable bonds is 6. The van der Waals surface area contributed by atoms with E-state index in [-0.39, 0.29) is 17.2 Å². The standard InChI is InChI=1S/C12H15Cl2NO2/c13-6-2-1-3-7-15-12(17)10-5-4-9(14)8-11(10)16/h4-5,8,16H,1-3,6-7H2,(H,15,17). The van der Waals surface area contributed by atoms with Crippen LogP contribution in [0.4, 0.5) is 0 Å². The first-order chi connectivity index (χ1) is 8.15. The second kappa shape index (κ2) is 7.41. The summed E-state index contributed by atoms with van der Waals surface area (Å²) in [5.74, 6) is 0.257. The smallest absolute Gasteiger partial charge is 0.255 e. The summed E-state index contributed by atoms with van der Waals surface area (Å²) in [4.78, 5) is 11.7. The van der Waals surface area contributed by atoms with E-state index in [0.717, 1.165) is 19.3 Å². The SMILES string of the molecule is O=C(NCCCCCCl)c1ccc(Cl)cc1O. The Hall–Kier alpha value is -0.930. The molecule has 0 aliphatic rings. The lowest BCUT2D eigenvalue weighted by molar-refractivity contribution is 0.0950. The van der Waals surface area contributed by atoms with Gasteiger partial charge < -0.3 is 10.4 Å². The molecular weight excluding hydrogens is 261 g/mol. The van der Waals surface area contributed by atoms with E-state index < -0.39 is 0 Å². The third-order valence-electron chi connectivity index (χ3n) is 2.30. The van der Waals surface area contributed by atoms with Crippen molar-refractivity contribution in [2.75, 3.05) is 12.4 Å². The van der Waals surface area contributed by atoms with Gasteiger partial charge in [0.2, 0.25) is 0 Å². The van der Waals surface area contributed by atoms with Gasteiger partial charge in [-0.05, 0) is 31.0 Å². The molecular formula is C12H15Cl2NO2. The van der Waals surface area contributed by atoms with E-state index >= 15 is 0 Å². The van der Waals surface area contributed by atoms with Crippen LogP contribution in [0.15, 0.2) is 18.2 Å². The molecule has 1 aromatic rings. The Morgan fingerprint density at radius 2 is 2.06 bits per heavy atom. The van der Waals surface area contributed by atoms with Crippen molar-refractivity contribution in [3.63, 3.8) is 0 Å². The maximum absolute atomic E-state index is 11.7. The normalized spacial score (nSPS) is 10.2. The van der Waals surface area contributed by atoms with Gasteiger partial charge in [-0.1, -0.05) is 18.0 Å². The van der Waals surface area contributed by atoms with Crippen LogP contribution in [0.5, 0.6) is 5.75 Å². The van der Waals surface area contributed by atoms with Gasteiger partial charge in [-0.15, -0.1) is 11.6 Å². The molecule has 0 unspecified atom stereocenters. The van der Waals surface area contributed by atoms with Crippen molar-refractivity contribution in [3.05, 3.63) is 28.8 Å². The van der Waals surface area contributed by atoms with Crippen LogP contribution in [-0.2, 0) is 0 Å². The molecule has 1 amide bonds. The predicted molar refractivity (Wildman–Crippen MR) is 70.0 cm³/mol. The minimum atomic E-state index is -0.287. The molecule has 94 valence electrons. The molecule has 0 aromatic heterocycles. The first kappa shape index (κ1) is 14.1. The van der Waals surface area contributed by atoms with Crippen molar-refractivity contribution >= 4 is 29.1 Å². The predicted octanol–water partition coefficient (Wildman–Crippen LogP) is 3.18. The van der Waals surface area contributed by atoms with Crippen LogP contribution in [0.3, 0.4) is 0 Å². The highest BCUT2D eigenvalue weighted by molar-refractivity contribution is 6.30. The lowest BCUT2D eigenvalue weighted by Gasteiger charge is -2.06. The van der Waals surface area contributed by atoms with Gasteiger partial charge in [0.1, 0.15) is 5.75 Å². The summed E-state index contributed by atoms with van der Waals surface area (Å²) < 4.78 is 0. The molecule has 0 radical (unpaired) electrons. The minimum Gasteiger partial charge on any atom is -0.507 e. The third-order valence-corrected chi connectivity index (χ3v) is 2.80. The number of aromatic hydroxyl groups is 1. The van der Waals surface area contributed by atoms with Gasteiger partial charge in [-0.2, -0.15) is 0 Å². The minimum absolute atomic E-state index is 0.101. The van der Waals surface area contributed by atoms with Gasteiger partial charge in [0.15, 0.2) is 0 Å². The van der Waals surface area contributed by atoms with Crippen molar-refractivity contribution in [2.45, 2.75) is 19.3 Å². The second-order valence-electron chi connectivity index (χ2n) is 3.67. The monoisotopic (exact) mass is 275 g/mol. The van der Waals surface area contributed by atoms with E-state index in [0.29, 0.717) is 17.4 Å². The number of carbonyl (C=O) groups excluding carboxylic acids is 1. The van der Waals surface area contributed by atoms with Crippen LogP contribution in [0.2, 0.25) is 5.02 Å². The Bertz CT molecular complexity index is 383. The van der Waals surface area contributed by atoms with Gasteiger partial charge in [-0.25, -0.2) is 0 Å². The van der Waals surface area contributed by atoms with E-state index in [2.05, 4.69) is 5.32 Å². The summed E-state index contributed by atoms with van der Waals surface area (Å²) in [6.45, 7) is 0.581. The van der Waals surface area contributed by atoms with Gasteiger partial charge in [0.05, 0.1) is 5.56 Å². The quantitative estimate of drug-likeness (QED) is 0.619. The van der Waals surface area contributed by atoms with Gasteiger partial charge >= 0.3 is 0 Å². The molecule has 0 bridgehead atoms. The van der Waals surface area contributed by atoms with Crippen molar-refractivity contribution in [3.8, 4) is 5.75 Å². The lowest BCUT2D eigenvalue weighted by Crippen LogP contribution is -2.24. The molecule has 3 nitrogen and oxygen atoms in total. The molecule has 0 aliphatic heterocycles. The molecule has 0 saturated heterocycles. The zero-order valence-electron chi connectivity index (χ0n) is 9.38. The Labute approximate surface area is 111 Å². The third kappa shape index (κ3) is 4.84. The number of hydrogen-bond acceptors (Lipinski definition) is 2. The number of alkyl halides is 1. The number of phenolic OH excluding ortho intramolecular Hbond substituents is 1. The Morgan fingerprint density at radius 1 is 1.29 bits per heavy atom. The van der Waals surface area contributed by atoms with Crippen LogP contribution in [0.1, 0.15) is 29.6 Å². The maximum Gasteiger partial charge on any atom is 0.255 e. The summed E-state index contributed by atoms with van der Waals surface area (Å²) >= 11 is 11.2. The summed E-state index contributed by atoms with van der Waals surface area (Å²) in [7, 11) is 0. The number of halogens is 2. The largest absolute Gasteiger partial charge is 0.507 e. The molecule has 17 heavy (non-hydrogen) atoms. The Kier molecular flexibility index (Phi) is 6.16. The van der Waals surface area contributed by atoms with Crippen LogP contribution < -0.4 is 5.32 Å². The average Bonchev–Trinajstić information content (AvgIpc) is 2.28. The Balaban J connectivity index is 2.42. The van der Waals surface area contributed by atoms with Crippen LogP contribution in [-0.4, -0.2) is 23.4 Å². The van der Waals surface area contributed by atoms with Crippen LogP contribution in [0, 0.1) is 0 Å². The van der Waals surface area contributed by atoms with Crippen molar-refractivity contribution in [1.82, 2.24) is 5.32 Å². The first-order valence-corrected chi connectivity index (χ1v) is 6.39. The summed E-state index contributed by atoms with van der Waals surface area (Å²) in [5, 5.41) is 12.7. The lowest BCUT2D eigenvalue weighted by atomic mass is 10.2. The summed E-state index contributed by atoms with van der Waals surface area (Å²) in [6, 6.07) is 4.43. The molecule has 0 fully saturated rings.